The molecule has 6 aromatic rings. The molecular weight excluding hydrogens is 621 g/mol. The van der Waals surface area contributed by atoms with Crippen molar-refractivity contribution in [1.29, 1.82) is 0 Å². The van der Waals surface area contributed by atoms with Crippen LogP contribution < -0.4 is 36.7 Å². The van der Waals surface area contributed by atoms with E-state index in [0.29, 0.717) is 0 Å². The van der Waals surface area contributed by atoms with E-state index in [9.17, 15) is 0 Å². The highest BCUT2D eigenvalue weighted by Crippen LogP contribution is 2.61. The lowest BCUT2D eigenvalue weighted by Gasteiger charge is -2.47. The van der Waals surface area contributed by atoms with E-state index in [2.05, 4.69) is 160 Å². The first kappa shape index (κ1) is 28.9. The van der Waals surface area contributed by atoms with Crippen LogP contribution in [0.3, 0.4) is 0 Å². The fourth-order valence-electron chi connectivity index (χ4n) is 7.23. The molecule has 6 aromatic carbocycles. The fraction of sp³-hybridized carbons (Fsp3) is 0.100. The Hall–Kier alpha value is -3.58. The predicted molar refractivity (Wildman–Crippen MR) is 205 cm³/mol. The summed E-state index contributed by atoms with van der Waals surface area (Å²) in [4.78, 5) is 2.50. The molecule has 0 bridgehead atoms. The van der Waals surface area contributed by atoms with E-state index in [0.717, 1.165) is 0 Å². The molecule has 0 aromatic heterocycles. The van der Waals surface area contributed by atoms with E-state index < -0.39 is 12.1 Å². The summed E-state index contributed by atoms with van der Waals surface area (Å²) < 4.78 is 0. The maximum Gasteiger partial charge on any atom is 0.0644 e. The monoisotopic (exact) mass is 653 g/mol. The third-order valence-electron chi connectivity index (χ3n) is 9.19. The van der Waals surface area contributed by atoms with Gasteiger partial charge in [-0.3, -0.25) is 0 Å². The molecule has 2 heterocycles. The lowest BCUT2D eigenvalue weighted by atomic mass is 10.00. The molecule has 220 valence electrons. The minimum absolute atomic E-state index is 1.18. The first-order valence-corrected chi connectivity index (χ1v) is 20.9. The summed E-state index contributed by atoms with van der Waals surface area (Å²) in [6.45, 7) is 8.73. The van der Waals surface area contributed by atoms with Crippen LogP contribution in [0.25, 0.3) is 11.1 Å². The SMILES string of the molecule is Cc1cc(C)cc(-c2cc3c4c(c2)P(=S)(c2ccccc2)c2cc(C)ccc2N4c2ccc(C)cc2P3(=S)c2ccccc2)c1. The first-order valence-electron chi connectivity index (χ1n) is 15.3. The maximum atomic E-state index is 7.11. The van der Waals surface area contributed by atoms with Crippen molar-refractivity contribution >= 4 is 84.6 Å². The third kappa shape index (κ3) is 4.25. The van der Waals surface area contributed by atoms with Crippen LogP contribution in [0.4, 0.5) is 17.1 Å². The summed E-state index contributed by atoms with van der Waals surface area (Å²) in [7, 11) is 0. The van der Waals surface area contributed by atoms with Gasteiger partial charge in [-0.05, 0) is 85.8 Å². The number of hydrogen-bond donors (Lipinski definition) is 0. The lowest BCUT2D eigenvalue weighted by Crippen LogP contribution is -2.46. The van der Waals surface area contributed by atoms with E-state index in [4.69, 9.17) is 23.6 Å². The zero-order valence-corrected chi connectivity index (χ0v) is 29.2. The van der Waals surface area contributed by atoms with Gasteiger partial charge in [0.2, 0.25) is 0 Å². The standard InChI is InChI=1S/C40H33NP2S2/c1-26-15-17-34-36(22-26)42(44,32-11-7-5-8-12-32)38-24-31(30-20-28(3)19-29(4)21-30)25-39-40(38)41(34)35-18-16-27(2)23-37(35)43(39,45)33-13-9-6-10-14-33/h5-25H,1-4H3. The number of anilines is 3. The number of aryl methyl sites for hydroxylation is 4. The second-order valence-corrected chi connectivity index (χ2v) is 21.1. The quantitative estimate of drug-likeness (QED) is 0.177. The van der Waals surface area contributed by atoms with Gasteiger partial charge in [-0.2, -0.15) is 0 Å². The van der Waals surface area contributed by atoms with E-state index in [-0.39, 0.29) is 0 Å². The molecule has 2 atom stereocenters. The van der Waals surface area contributed by atoms with Gasteiger partial charge in [-0.25, -0.2) is 0 Å². The summed E-state index contributed by atoms with van der Waals surface area (Å²) >= 11 is 14.2. The maximum absolute atomic E-state index is 7.11. The summed E-state index contributed by atoms with van der Waals surface area (Å²) in [5.41, 5.74) is 10.9. The highest BCUT2D eigenvalue weighted by Gasteiger charge is 2.46. The Bertz CT molecular complexity index is 2120. The van der Waals surface area contributed by atoms with Crippen LogP contribution in [0, 0.1) is 27.7 Å². The van der Waals surface area contributed by atoms with Crippen molar-refractivity contribution in [1.82, 2.24) is 0 Å². The van der Waals surface area contributed by atoms with Gasteiger partial charge in [0.15, 0.2) is 0 Å². The van der Waals surface area contributed by atoms with Crippen molar-refractivity contribution in [3.8, 4) is 11.1 Å². The van der Waals surface area contributed by atoms with Crippen LogP contribution in [0.2, 0.25) is 0 Å². The molecule has 5 heteroatoms. The van der Waals surface area contributed by atoms with Crippen molar-refractivity contribution in [2.24, 2.45) is 0 Å². The minimum Gasteiger partial charge on any atom is -0.308 e. The Morgan fingerprint density at radius 2 is 0.844 bits per heavy atom. The van der Waals surface area contributed by atoms with Gasteiger partial charge in [0.25, 0.3) is 0 Å². The largest absolute Gasteiger partial charge is 0.308 e. The molecule has 0 fully saturated rings. The van der Waals surface area contributed by atoms with Crippen molar-refractivity contribution in [3.05, 3.63) is 150 Å². The minimum atomic E-state index is -2.49. The second-order valence-electron chi connectivity index (χ2n) is 12.4. The Labute approximate surface area is 276 Å². The molecule has 0 aliphatic carbocycles. The normalized spacial score (nSPS) is 19.4. The van der Waals surface area contributed by atoms with E-state index in [1.165, 1.54) is 82.3 Å². The number of benzene rings is 6. The van der Waals surface area contributed by atoms with Gasteiger partial charge in [0.05, 0.1) is 17.1 Å². The van der Waals surface area contributed by atoms with Crippen molar-refractivity contribution in [2.45, 2.75) is 27.7 Å². The molecule has 0 radical (unpaired) electrons. The smallest absolute Gasteiger partial charge is 0.0644 e. The number of nitrogens with zero attached hydrogens (tertiary/aromatic N) is 1. The Morgan fingerprint density at radius 3 is 1.29 bits per heavy atom. The summed E-state index contributed by atoms with van der Waals surface area (Å²) in [6.07, 6.45) is 0. The van der Waals surface area contributed by atoms with Gasteiger partial charge >= 0.3 is 0 Å². The molecule has 0 saturated carbocycles. The molecule has 45 heavy (non-hydrogen) atoms. The molecule has 8 rings (SSSR count). The zero-order valence-electron chi connectivity index (χ0n) is 25.8. The molecule has 1 nitrogen and oxygen atoms in total. The molecule has 0 spiro atoms. The van der Waals surface area contributed by atoms with Gasteiger partial charge in [-0.15, -0.1) is 0 Å². The van der Waals surface area contributed by atoms with Crippen LogP contribution in [0.5, 0.6) is 0 Å². The number of rotatable bonds is 3. The first-order chi connectivity index (χ1) is 21.7. The Morgan fingerprint density at radius 1 is 0.422 bits per heavy atom. The van der Waals surface area contributed by atoms with E-state index in [1.807, 2.05) is 0 Å². The van der Waals surface area contributed by atoms with Crippen LogP contribution in [0.15, 0.2) is 127 Å². The van der Waals surface area contributed by atoms with Crippen LogP contribution >= 0.6 is 12.1 Å². The van der Waals surface area contributed by atoms with Crippen LogP contribution in [0.1, 0.15) is 22.3 Å². The fourth-order valence-corrected chi connectivity index (χ4v) is 16.0. The molecule has 2 unspecified atom stereocenters. The summed E-state index contributed by atoms with van der Waals surface area (Å²) in [5, 5.41) is 7.42. The van der Waals surface area contributed by atoms with Crippen LogP contribution in [-0.2, 0) is 23.6 Å². The van der Waals surface area contributed by atoms with Gasteiger partial charge in [0, 0.05) is 33.3 Å². The highest BCUT2D eigenvalue weighted by atomic mass is 32.4. The van der Waals surface area contributed by atoms with Crippen LogP contribution in [-0.4, -0.2) is 0 Å². The van der Waals surface area contributed by atoms with Gasteiger partial charge in [-0.1, -0.05) is 137 Å². The van der Waals surface area contributed by atoms with Crippen molar-refractivity contribution < 1.29 is 0 Å². The zero-order chi connectivity index (χ0) is 31.1. The molecule has 2 aliphatic heterocycles. The highest BCUT2D eigenvalue weighted by molar-refractivity contribution is 8.27. The molecular formula is C40H33NP2S2. The Kier molecular flexibility index (Phi) is 6.72. The summed E-state index contributed by atoms with van der Waals surface area (Å²) in [6, 6.07) is 42.2. The summed E-state index contributed by atoms with van der Waals surface area (Å²) in [5.74, 6) is 0. The average Bonchev–Trinajstić information content (AvgIpc) is 3.05. The van der Waals surface area contributed by atoms with Crippen molar-refractivity contribution in [2.75, 3.05) is 4.90 Å². The Balaban J connectivity index is 1.60. The van der Waals surface area contributed by atoms with Gasteiger partial charge in [0.1, 0.15) is 0 Å². The predicted octanol–water partition coefficient (Wildman–Crippen LogP) is 8.20. The average molecular weight is 654 g/mol. The number of hydrogen-bond acceptors (Lipinski definition) is 3. The molecule has 0 N–H and O–H groups in total. The second kappa shape index (κ2) is 10.5. The molecule has 0 amide bonds. The van der Waals surface area contributed by atoms with E-state index >= 15 is 0 Å². The van der Waals surface area contributed by atoms with Gasteiger partial charge < -0.3 is 4.90 Å². The lowest BCUT2D eigenvalue weighted by molar-refractivity contribution is 1.30. The van der Waals surface area contributed by atoms with E-state index in [1.54, 1.807) is 0 Å². The third-order valence-corrected chi connectivity index (χ3v) is 19.0. The molecule has 0 saturated heterocycles. The van der Waals surface area contributed by atoms with Crippen molar-refractivity contribution in [3.63, 3.8) is 0 Å². The molecule has 2 aliphatic rings. The topological polar surface area (TPSA) is 3.24 Å². The number of fused-ring (bicyclic) bond motifs is 4.